The van der Waals surface area contributed by atoms with Crippen LogP contribution in [-0.4, -0.2) is 37.5 Å². The maximum Gasteiger partial charge on any atom is 0.203 e. The summed E-state index contributed by atoms with van der Waals surface area (Å²) in [5.41, 5.74) is 7.12. The number of rotatable bonds is 5. The molecule has 3 aromatic carbocycles. The zero-order valence-corrected chi connectivity index (χ0v) is 17.0. The first-order valence-electron chi connectivity index (χ1n) is 9.66. The summed E-state index contributed by atoms with van der Waals surface area (Å²) in [5, 5.41) is 0. The molecule has 0 aliphatic carbocycles. The zero-order valence-electron chi connectivity index (χ0n) is 17.0. The minimum absolute atomic E-state index is 0.571. The number of aromatic nitrogens is 2. The molecule has 150 valence electrons. The molecule has 0 radical (unpaired) electrons. The lowest BCUT2D eigenvalue weighted by Gasteiger charge is -2.14. The Bertz CT molecular complexity index is 1270. The number of ether oxygens (including phenoxy) is 3. The van der Waals surface area contributed by atoms with Gasteiger partial charge in [-0.05, 0) is 47.5 Å². The van der Waals surface area contributed by atoms with Crippen molar-refractivity contribution in [2.45, 2.75) is 6.42 Å². The number of imidazole rings is 1. The van der Waals surface area contributed by atoms with E-state index in [9.17, 15) is 0 Å². The van der Waals surface area contributed by atoms with Gasteiger partial charge in [0.2, 0.25) is 5.75 Å². The smallest absolute Gasteiger partial charge is 0.203 e. The van der Waals surface area contributed by atoms with Crippen molar-refractivity contribution in [3.63, 3.8) is 0 Å². The van der Waals surface area contributed by atoms with Crippen LogP contribution < -0.4 is 14.2 Å². The van der Waals surface area contributed by atoms with Crippen LogP contribution in [0.2, 0.25) is 0 Å². The average molecular weight is 399 g/mol. The predicted molar refractivity (Wildman–Crippen MR) is 118 cm³/mol. The number of nitrogens with one attached hydrogen (secondary N) is 1. The summed E-state index contributed by atoms with van der Waals surface area (Å²) in [6.07, 6.45) is 2.80. The van der Waals surface area contributed by atoms with Gasteiger partial charge in [-0.25, -0.2) is 4.98 Å². The van der Waals surface area contributed by atoms with Crippen molar-refractivity contribution in [1.82, 2.24) is 9.97 Å². The molecule has 0 saturated carbocycles. The fraction of sp³-hybridized carbons (Fsp3) is 0.167. The molecule has 2 heterocycles. The number of H-pyrrole nitrogens is 1. The van der Waals surface area contributed by atoms with E-state index in [1.54, 1.807) is 21.3 Å². The van der Waals surface area contributed by atoms with Gasteiger partial charge in [-0.15, -0.1) is 0 Å². The van der Waals surface area contributed by atoms with Crippen LogP contribution in [0.15, 0.2) is 53.5 Å². The molecule has 1 N–H and O–H groups in total. The van der Waals surface area contributed by atoms with Gasteiger partial charge in [0.05, 0.1) is 38.1 Å². The van der Waals surface area contributed by atoms with E-state index in [1.807, 2.05) is 36.5 Å². The molecule has 0 amide bonds. The van der Waals surface area contributed by atoms with Crippen LogP contribution in [0, 0.1) is 0 Å². The number of fused-ring (bicyclic) bond motifs is 2. The quantitative estimate of drug-likeness (QED) is 0.502. The lowest BCUT2D eigenvalue weighted by molar-refractivity contribution is 0.324. The third-order valence-corrected chi connectivity index (χ3v) is 5.39. The first-order chi connectivity index (χ1) is 14.7. The van der Waals surface area contributed by atoms with Crippen LogP contribution in [0.25, 0.3) is 33.5 Å². The SMILES string of the molecule is COc1cc(-c2cccc3nc(-c4ccc5c(c4)CC=N5)[nH]c23)cc(OC)c1OC. The third-order valence-electron chi connectivity index (χ3n) is 5.39. The number of hydrogen-bond acceptors (Lipinski definition) is 5. The van der Waals surface area contributed by atoms with Crippen molar-refractivity contribution in [1.29, 1.82) is 0 Å². The van der Waals surface area contributed by atoms with Crippen molar-refractivity contribution >= 4 is 22.9 Å². The van der Waals surface area contributed by atoms with Gasteiger partial charge in [0, 0.05) is 23.8 Å². The van der Waals surface area contributed by atoms with Gasteiger partial charge in [-0.3, -0.25) is 4.99 Å². The van der Waals surface area contributed by atoms with Gasteiger partial charge in [0.15, 0.2) is 11.5 Å². The van der Waals surface area contributed by atoms with Gasteiger partial charge in [-0.1, -0.05) is 12.1 Å². The molecule has 1 aliphatic heterocycles. The van der Waals surface area contributed by atoms with Crippen molar-refractivity contribution in [3.8, 4) is 39.8 Å². The van der Waals surface area contributed by atoms with Crippen molar-refractivity contribution in [3.05, 3.63) is 54.1 Å². The standard InChI is InChI=1S/C24H21N3O3/c1-28-20-12-16(13-21(29-2)23(20)30-3)17-5-4-6-19-22(17)27-24(26-19)15-7-8-18-14(11-15)9-10-25-18/h4-8,10-13H,9H2,1-3H3,(H,26,27). The molecule has 0 spiro atoms. The Morgan fingerprint density at radius 1 is 0.867 bits per heavy atom. The highest BCUT2D eigenvalue weighted by Crippen LogP contribution is 2.42. The lowest BCUT2D eigenvalue weighted by atomic mass is 10.0. The second-order valence-corrected chi connectivity index (χ2v) is 7.06. The fourth-order valence-electron chi connectivity index (χ4n) is 3.91. The van der Waals surface area contributed by atoms with E-state index in [4.69, 9.17) is 19.2 Å². The summed E-state index contributed by atoms with van der Waals surface area (Å²) < 4.78 is 16.5. The highest BCUT2D eigenvalue weighted by Gasteiger charge is 2.17. The van der Waals surface area contributed by atoms with Crippen LogP contribution in [0.4, 0.5) is 5.69 Å². The first kappa shape index (κ1) is 18.2. The molecular weight excluding hydrogens is 378 g/mol. The van der Waals surface area contributed by atoms with Crippen molar-refractivity contribution in [2.24, 2.45) is 4.99 Å². The van der Waals surface area contributed by atoms with Crippen LogP contribution >= 0.6 is 0 Å². The maximum atomic E-state index is 5.53. The van der Waals surface area contributed by atoms with Gasteiger partial charge >= 0.3 is 0 Å². The molecular formula is C24H21N3O3. The van der Waals surface area contributed by atoms with Crippen LogP contribution in [0.5, 0.6) is 17.2 Å². The molecule has 6 heteroatoms. The summed E-state index contributed by atoms with van der Waals surface area (Å²) in [5.74, 6) is 2.63. The van der Waals surface area contributed by atoms with Gasteiger partial charge in [0.1, 0.15) is 5.82 Å². The molecule has 30 heavy (non-hydrogen) atoms. The summed E-state index contributed by atoms with van der Waals surface area (Å²) in [4.78, 5) is 12.7. The molecule has 0 atom stereocenters. The number of aliphatic imine (C=N–C) groups is 1. The molecule has 0 bridgehead atoms. The highest BCUT2D eigenvalue weighted by atomic mass is 16.5. The Kier molecular flexibility index (Phi) is 4.39. The first-order valence-corrected chi connectivity index (χ1v) is 9.66. The highest BCUT2D eigenvalue weighted by molar-refractivity contribution is 5.94. The van der Waals surface area contributed by atoms with E-state index in [0.29, 0.717) is 17.2 Å². The number of nitrogens with zero attached hydrogens (tertiary/aromatic N) is 2. The second kappa shape index (κ2) is 7.22. The Morgan fingerprint density at radius 2 is 1.67 bits per heavy atom. The average Bonchev–Trinajstić information content (AvgIpc) is 3.43. The molecule has 5 rings (SSSR count). The van der Waals surface area contributed by atoms with E-state index in [1.165, 1.54) is 5.56 Å². The number of methoxy groups -OCH3 is 3. The number of benzene rings is 3. The largest absolute Gasteiger partial charge is 0.493 e. The maximum absolute atomic E-state index is 5.53. The van der Waals surface area contributed by atoms with E-state index in [0.717, 1.165) is 45.7 Å². The normalized spacial score (nSPS) is 12.2. The lowest BCUT2D eigenvalue weighted by Crippen LogP contribution is -1.96. The monoisotopic (exact) mass is 399 g/mol. The van der Waals surface area contributed by atoms with Crippen LogP contribution in [0.1, 0.15) is 5.56 Å². The topological polar surface area (TPSA) is 68.7 Å². The Labute approximate surface area is 174 Å². The van der Waals surface area contributed by atoms with E-state index in [-0.39, 0.29) is 0 Å². The summed E-state index contributed by atoms with van der Waals surface area (Å²) >= 11 is 0. The van der Waals surface area contributed by atoms with Crippen LogP contribution in [-0.2, 0) is 6.42 Å². The minimum atomic E-state index is 0.571. The third kappa shape index (κ3) is 2.88. The van der Waals surface area contributed by atoms with Crippen molar-refractivity contribution < 1.29 is 14.2 Å². The summed E-state index contributed by atoms with van der Waals surface area (Å²) in [6.45, 7) is 0. The van der Waals surface area contributed by atoms with Crippen molar-refractivity contribution in [2.75, 3.05) is 21.3 Å². The minimum Gasteiger partial charge on any atom is -0.493 e. The molecule has 0 unspecified atom stereocenters. The number of para-hydroxylation sites is 1. The van der Waals surface area contributed by atoms with Gasteiger partial charge in [0.25, 0.3) is 0 Å². The van der Waals surface area contributed by atoms with Crippen LogP contribution in [0.3, 0.4) is 0 Å². The molecule has 0 saturated heterocycles. The number of aromatic amines is 1. The van der Waals surface area contributed by atoms with Gasteiger partial charge < -0.3 is 19.2 Å². The van der Waals surface area contributed by atoms with E-state index < -0.39 is 0 Å². The fourth-order valence-corrected chi connectivity index (χ4v) is 3.91. The molecule has 1 aliphatic rings. The molecule has 1 aromatic heterocycles. The Hall–Kier alpha value is -3.80. The van der Waals surface area contributed by atoms with Gasteiger partial charge in [-0.2, -0.15) is 0 Å². The second-order valence-electron chi connectivity index (χ2n) is 7.06. The molecule has 6 nitrogen and oxygen atoms in total. The molecule has 0 fully saturated rings. The molecule has 4 aromatic rings. The summed E-state index contributed by atoms with van der Waals surface area (Å²) in [7, 11) is 4.84. The van der Waals surface area contributed by atoms with E-state index >= 15 is 0 Å². The Morgan fingerprint density at radius 3 is 2.40 bits per heavy atom. The Balaban J connectivity index is 1.65. The number of hydrogen-bond donors (Lipinski definition) is 1. The predicted octanol–water partition coefficient (Wildman–Crippen LogP) is 5.18. The summed E-state index contributed by atoms with van der Waals surface area (Å²) in [6, 6.07) is 16.2. The van der Waals surface area contributed by atoms with E-state index in [2.05, 4.69) is 28.2 Å². The zero-order chi connectivity index (χ0) is 20.7.